The molecule has 0 aromatic carbocycles. The lowest BCUT2D eigenvalue weighted by Gasteiger charge is -2.24. The molecular formula is C10H21NO3. The molecule has 0 aliphatic rings. The Morgan fingerprint density at radius 1 is 1.43 bits per heavy atom. The van der Waals surface area contributed by atoms with Crippen molar-refractivity contribution in [2.45, 2.75) is 32.3 Å². The summed E-state index contributed by atoms with van der Waals surface area (Å²) in [4.78, 5) is 10.9. The zero-order valence-corrected chi connectivity index (χ0v) is 9.55. The van der Waals surface area contributed by atoms with Gasteiger partial charge in [0.05, 0.1) is 19.3 Å². The Bertz CT molecular complexity index is 169. The Balaban J connectivity index is 3.65. The van der Waals surface area contributed by atoms with Gasteiger partial charge in [-0.15, -0.1) is 0 Å². The molecule has 0 amide bonds. The number of hydrogen-bond acceptors (Lipinski definition) is 4. The second-order valence-electron chi connectivity index (χ2n) is 3.79. The first kappa shape index (κ1) is 13.4. The van der Waals surface area contributed by atoms with Gasteiger partial charge in [0.1, 0.15) is 0 Å². The highest BCUT2D eigenvalue weighted by atomic mass is 16.5. The largest absolute Gasteiger partial charge is 0.469 e. The Morgan fingerprint density at radius 2 is 2.07 bits per heavy atom. The summed E-state index contributed by atoms with van der Waals surface area (Å²) in [6, 6.07) is 0. The van der Waals surface area contributed by atoms with E-state index in [4.69, 9.17) is 4.74 Å². The number of carbonyl (C=O) groups excluding carboxylic acids is 1. The normalized spacial score (nSPS) is 11.4. The lowest BCUT2D eigenvalue weighted by Crippen LogP contribution is -2.29. The van der Waals surface area contributed by atoms with E-state index >= 15 is 0 Å². The third kappa shape index (κ3) is 6.86. The van der Waals surface area contributed by atoms with Crippen molar-refractivity contribution in [3.63, 3.8) is 0 Å². The topological polar surface area (TPSA) is 47.6 Å². The lowest BCUT2D eigenvalue weighted by atomic mass is 10.0. The van der Waals surface area contributed by atoms with Crippen LogP contribution in [-0.4, -0.2) is 38.9 Å². The van der Waals surface area contributed by atoms with Crippen molar-refractivity contribution >= 4 is 5.97 Å². The van der Waals surface area contributed by atoms with Crippen LogP contribution in [0.4, 0.5) is 0 Å². The Hall–Kier alpha value is -0.610. The van der Waals surface area contributed by atoms with E-state index in [1.807, 2.05) is 20.9 Å². The van der Waals surface area contributed by atoms with Crippen LogP contribution in [0.15, 0.2) is 0 Å². The fraction of sp³-hybridized carbons (Fsp3) is 0.900. The molecule has 0 fully saturated rings. The minimum absolute atomic E-state index is 0.185. The van der Waals surface area contributed by atoms with Gasteiger partial charge in [-0.1, -0.05) is 0 Å². The standard InChI is InChI=1S/C10H21NO3/c1-10(2,14-8-7-11-3)6-5-9(12)13-4/h11H,5-8H2,1-4H3. The van der Waals surface area contributed by atoms with Crippen molar-refractivity contribution in [1.82, 2.24) is 5.32 Å². The molecule has 84 valence electrons. The number of methoxy groups -OCH3 is 1. The first-order chi connectivity index (χ1) is 6.52. The number of likely N-dealkylation sites (N-methyl/N-ethyl adjacent to an activating group) is 1. The molecular weight excluding hydrogens is 182 g/mol. The first-order valence-corrected chi connectivity index (χ1v) is 4.87. The van der Waals surface area contributed by atoms with Crippen LogP contribution in [-0.2, 0) is 14.3 Å². The van der Waals surface area contributed by atoms with E-state index in [-0.39, 0.29) is 11.6 Å². The van der Waals surface area contributed by atoms with Crippen LogP contribution in [0.25, 0.3) is 0 Å². The zero-order chi connectivity index (χ0) is 11.0. The maximum atomic E-state index is 10.9. The van der Waals surface area contributed by atoms with E-state index in [2.05, 4.69) is 10.1 Å². The van der Waals surface area contributed by atoms with E-state index in [0.29, 0.717) is 19.4 Å². The minimum Gasteiger partial charge on any atom is -0.469 e. The quantitative estimate of drug-likeness (QED) is 0.494. The summed E-state index contributed by atoms with van der Waals surface area (Å²) in [7, 11) is 3.28. The molecule has 0 aliphatic heterocycles. The van der Waals surface area contributed by atoms with Gasteiger partial charge in [-0.05, 0) is 27.3 Å². The number of hydrogen-bond donors (Lipinski definition) is 1. The van der Waals surface area contributed by atoms with Crippen molar-refractivity contribution in [2.75, 3.05) is 27.3 Å². The molecule has 0 rings (SSSR count). The van der Waals surface area contributed by atoms with E-state index in [9.17, 15) is 4.79 Å². The van der Waals surface area contributed by atoms with Crippen LogP contribution in [0.2, 0.25) is 0 Å². The van der Waals surface area contributed by atoms with Crippen molar-refractivity contribution in [3.8, 4) is 0 Å². The predicted octanol–water partition coefficient (Wildman–Crippen LogP) is 0.954. The summed E-state index contributed by atoms with van der Waals surface area (Å²) in [5.41, 5.74) is -0.259. The first-order valence-electron chi connectivity index (χ1n) is 4.87. The molecule has 0 bridgehead atoms. The van der Waals surface area contributed by atoms with E-state index in [1.165, 1.54) is 7.11 Å². The third-order valence-corrected chi connectivity index (χ3v) is 2.00. The van der Waals surface area contributed by atoms with Crippen LogP contribution >= 0.6 is 0 Å². The molecule has 0 radical (unpaired) electrons. The number of nitrogens with one attached hydrogen (secondary N) is 1. The van der Waals surface area contributed by atoms with Gasteiger partial charge in [-0.25, -0.2) is 0 Å². The van der Waals surface area contributed by atoms with Gasteiger partial charge >= 0.3 is 5.97 Å². The van der Waals surface area contributed by atoms with Gasteiger partial charge in [0.25, 0.3) is 0 Å². The number of carbonyl (C=O) groups is 1. The van der Waals surface area contributed by atoms with Gasteiger partial charge in [0.2, 0.25) is 0 Å². The highest BCUT2D eigenvalue weighted by molar-refractivity contribution is 5.69. The summed E-state index contributed by atoms with van der Waals surface area (Å²) >= 11 is 0. The van der Waals surface area contributed by atoms with Crippen molar-refractivity contribution in [2.24, 2.45) is 0 Å². The SMILES string of the molecule is CNCCOC(C)(C)CCC(=O)OC. The van der Waals surface area contributed by atoms with E-state index < -0.39 is 0 Å². The molecule has 4 heteroatoms. The van der Waals surface area contributed by atoms with Gasteiger partial charge in [0, 0.05) is 13.0 Å². The highest BCUT2D eigenvalue weighted by Gasteiger charge is 2.19. The summed E-state index contributed by atoms with van der Waals surface area (Å²) < 4.78 is 10.2. The molecule has 4 nitrogen and oxygen atoms in total. The molecule has 0 saturated carbocycles. The number of esters is 1. The van der Waals surface area contributed by atoms with Crippen LogP contribution in [0.3, 0.4) is 0 Å². The zero-order valence-electron chi connectivity index (χ0n) is 9.55. The monoisotopic (exact) mass is 203 g/mol. The Morgan fingerprint density at radius 3 is 2.57 bits per heavy atom. The maximum Gasteiger partial charge on any atom is 0.305 e. The molecule has 0 atom stereocenters. The van der Waals surface area contributed by atoms with Crippen LogP contribution in [0.1, 0.15) is 26.7 Å². The molecule has 0 aliphatic carbocycles. The summed E-state index contributed by atoms with van der Waals surface area (Å²) in [5.74, 6) is -0.185. The van der Waals surface area contributed by atoms with E-state index in [1.54, 1.807) is 0 Å². The van der Waals surface area contributed by atoms with Crippen LogP contribution in [0.5, 0.6) is 0 Å². The molecule has 0 aromatic rings. The van der Waals surface area contributed by atoms with Crippen molar-refractivity contribution < 1.29 is 14.3 Å². The summed E-state index contributed by atoms with van der Waals surface area (Å²) in [6.07, 6.45) is 1.09. The average molecular weight is 203 g/mol. The highest BCUT2D eigenvalue weighted by Crippen LogP contribution is 2.16. The van der Waals surface area contributed by atoms with Gasteiger partial charge in [0.15, 0.2) is 0 Å². The van der Waals surface area contributed by atoms with Gasteiger partial charge in [-0.3, -0.25) is 4.79 Å². The molecule has 1 N–H and O–H groups in total. The predicted molar refractivity (Wildman–Crippen MR) is 55.2 cm³/mol. The molecule has 0 heterocycles. The van der Waals surface area contributed by atoms with Crippen molar-refractivity contribution in [1.29, 1.82) is 0 Å². The third-order valence-electron chi connectivity index (χ3n) is 2.00. The second-order valence-corrected chi connectivity index (χ2v) is 3.79. The number of ether oxygens (including phenoxy) is 2. The van der Waals surface area contributed by atoms with Crippen molar-refractivity contribution in [3.05, 3.63) is 0 Å². The molecule has 0 saturated heterocycles. The van der Waals surface area contributed by atoms with Crippen LogP contribution in [0, 0.1) is 0 Å². The average Bonchev–Trinajstić information content (AvgIpc) is 2.14. The Kier molecular flexibility index (Phi) is 6.49. The summed E-state index contributed by atoms with van der Waals surface area (Å²) in [5, 5.41) is 3.00. The summed E-state index contributed by atoms with van der Waals surface area (Å²) in [6.45, 7) is 5.43. The van der Waals surface area contributed by atoms with E-state index in [0.717, 1.165) is 6.54 Å². The van der Waals surface area contributed by atoms with Gasteiger partial charge in [-0.2, -0.15) is 0 Å². The second kappa shape index (κ2) is 6.79. The fourth-order valence-corrected chi connectivity index (χ4v) is 1.01. The van der Waals surface area contributed by atoms with Gasteiger partial charge < -0.3 is 14.8 Å². The minimum atomic E-state index is -0.259. The molecule has 14 heavy (non-hydrogen) atoms. The fourth-order valence-electron chi connectivity index (χ4n) is 1.01. The molecule has 0 aromatic heterocycles. The Labute approximate surface area is 86.0 Å². The number of rotatable bonds is 7. The molecule has 0 unspecified atom stereocenters. The maximum absolute atomic E-state index is 10.9. The van der Waals surface area contributed by atoms with Crippen LogP contribution < -0.4 is 5.32 Å². The lowest BCUT2D eigenvalue weighted by molar-refractivity contribution is -0.142. The molecule has 0 spiro atoms. The smallest absolute Gasteiger partial charge is 0.305 e.